The SMILES string of the molecule is C=C(C)C(=O)OCCCCOC(=O)Oc1ccc2cc(OCOc3ccc(OC(=O)c4ccc(OCCCOC(=O)C(=C)C)c(OCCCOC(=O)C(=C)C)c4)cc3CCC)ccc2c1. The summed E-state index contributed by atoms with van der Waals surface area (Å²) in [6.45, 7) is 18.2. The highest BCUT2D eigenvalue weighted by Crippen LogP contribution is 2.31. The Bertz CT molecular complexity index is 2330. The molecule has 0 radical (unpaired) electrons. The van der Waals surface area contributed by atoms with Gasteiger partial charge in [-0.3, -0.25) is 0 Å². The van der Waals surface area contributed by atoms with Crippen LogP contribution in [0.4, 0.5) is 4.79 Å². The van der Waals surface area contributed by atoms with E-state index in [1.165, 1.54) is 6.07 Å². The molecule has 4 aromatic rings. The van der Waals surface area contributed by atoms with Crippen LogP contribution in [-0.4, -0.2) is 76.5 Å². The third-order valence-corrected chi connectivity index (χ3v) is 8.96. The summed E-state index contributed by atoms with van der Waals surface area (Å²) < 4.78 is 55.3. The van der Waals surface area contributed by atoms with Crippen molar-refractivity contribution in [3.05, 3.63) is 120 Å². The Hall–Kier alpha value is -7.29. The number of benzene rings is 4. The van der Waals surface area contributed by atoms with Gasteiger partial charge in [-0.15, -0.1) is 0 Å². The summed E-state index contributed by atoms with van der Waals surface area (Å²) in [7, 11) is 0. The zero-order valence-electron chi connectivity index (χ0n) is 37.4. The van der Waals surface area contributed by atoms with Gasteiger partial charge in [0, 0.05) is 29.6 Å². The monoisotopic (exact) mass is 896 g/mol. The second kappa shape index (κ2) is 26.4. The van der Waals surface area contributed by atoms with E-state index in [1.807, 2.05) is 19.1 Å². The van der Waals surface area contributed by atoms with Gasteiger partial charge in [0.15, 0.2) is 11.5 Å². The van der Waals surface area contributed by atoms with Gasteiger partial charge in [-0.1, -0.05) is 45.2 Å². The number of carbonyl (C=O) groups excluding carboxylic acids is 5. The number of esters is 4. The summed E-state index contributed by atoms with van der Waals surface area (Å²) >= 11 is 0. The third kappa shape index (κ3) is 17.4. The van der Waals surface area contributed by atoms with Gasteiger partial charge in [-0.05, 0) is 117 Å². The predicted molar refractivity (Wildman–Crippen MR) is 241 cm³/mol. The molecule has 0 saturated heterocycles. The summed E-state index contributed by atoms with van der Waals surface area (Å²) in [6.07, 6.45) is 2.39. The first kappa shape index (κ1) is 50.4. The fraction of sp³-hybridized carbons (Fsp3) is 0.340. The maximum Gasteiger partial charge on any atom is 0.513 e. The lowest BCUT2D eigenvalue weighted by atomic mass is 10.1. The lowest BCUT2D eigenvalue weighted by Gasteiger charge is -2.15. The second-order valence-electron chi connectivity index (χ2n) is 14.7. The minimum Gasteiger partial charge on any atom is -0.490 e. The summed E-state index contributed by atoms with van der Waals surface area (Å²) in [6, 6.07) is 20.3. The first-order valence-corrected chi connectivity index (χ1v) is 21.1. The molecule has 15 nitrogen and oxygen atoms in total. The van der Waals surface area contributed by atoms with Crippen LogP contribution in [0.15, 0.2) is 109 Å². The van der Waals surface area contributed by atoms with Crippen molar-refractivity contribution in [2.45, 2.75) is 66.2 Å². The zero-order chi connectivity index (χ0) is 47.1. The van der Waals surface area contributed by atoms with E-state index in [1.54, 1.807) is 75.4 Å². The van der Waals surface area contributed by atoms with Crippen molar-refractivity contribution in [2.24, 2.45) is 0 Å². The topological polar surface area (TPSA) is 178 Å². The number of hydrogen-bond donors (Lipinski definition) is 0. The molecule has 15 heteroatoms. The van der Waals surface area contributed by atoms with Gasteiger partial charge in [0.1, 0.15) is 23.0 Å². The van der Waals surface area contributed by atoms with E-state index in [0.717, 1.165) is 22.8 Å². The van der Waals surface area contributed by atoms with Gasteiger partial charge >= 0.3 is 30.0 Å². The number of rotatable bonds is 27. The molecule has 0 bridgehead atoms. The summed E-state index contributed by atoms with van der Waals surface area (Å²) in [5.74, 6) is 0.292. The number of carbonyl (C=O) groups is 5. The second-order valence-corrected chi connectivity index (χ2v) is 14.7. The highest BCUT2D eigenvalue weighted by Gasteiger charge is 2.17. The fourth-order valence-electron chi connectivity index (χ4n) is 5.61. The molecular formula is C50H56O15. The van der Waals surface area contributed by atoms with Crippen molar-refractivity contribution in [1.82, 2.24) is 0 Å². The molecule has 0 atom stereocenters. The van der Waals surface area contributed by atoms with Gasteiger partial charge in [0.05, 0.1) is 45.2 Å². The van der Waals surface area contributed by atoms with Crippen molar-refractivity contribution in [3.8, 4) is 34.5 Å². The average molecular weight is 897 g/mol. The smallest absolute Gasteiger partial charge is 0.490 e. The van der Waals surface area contributed by atoms with Crippen LogP contribution in [0.1, 0.15) is 75.7 Å². The Morgan fingerprint density at radius 2 is 0.985 bits per heavy atom. The summed E-state index contributed by atoms with van der Waals surface area (Å²) in [5, 5.41) is 1.65. The summed E-state index contributed by atoms with van der Waals surface area (Å²) in [5.41, 5.74) is 1.92. The van der Waals surface area contributed by atoms with Crippen LogP contribution >= 0.6 is 0 Å². The van der Waals surface area contributed by atoms with E-state index in [2.05, 4.69) is 19.7 Å². The van der Waals surface area contributed by atoms with Gasteiger partial charge in [0.2, 0.25) is 6.79 Å². The molecule has 0 heterocycles. The molecule has 0 aliphatic heterocycles. The first-order valence-electron chi connectivity index (χ1n) is 21.1. The number of unbranched alkanes of at least 4 members (excludes halogenated alkanes) is 1. The van der Waals surface area contributed by atoms with E-state index in [-0.39, 0.29) is 63.3 Å². The number of ether oxygens (including phenoxy) is 10. The van der Waals surface area contributed by atoms with E-state index in [9.17, 15) is 24.0 Å². The molecule has 4 aromatic carbocycles. The molecular weight excluding hydrogens is 841 g/mol. The van der Waals surface area contributed by atoms with Gasteiger partial charge in [-0.25, -0.2) is 24.0 Å². The molecule has 0 spiro atoms. The van der Waals surface area contributed by atoms with E-state index >= 15 is 0 Å². The molecule has 0 amide bonds. The molecule has 0 N–H and O–H groups in total. The molecule has 0 aliphatic carbocycles. The van der Waals surface area contributed by atoms with E-state index in [0.29, 0.717) is 72.0 Å². The minimum atomic E-state index is -0.838. The van der Waals surface area contributed by atoms with Crippen molar-refractivity contribution in [3.63, 3.8) is 0 Å². The Kier molecular flexibility index (Phi) is 20.4. The van der Waals surface area contributed by atoms with Crippen LogP contribution in [0.25, 0.3) is 10.8 Å². The van der Waals surface area contributed by atoms with Gasteiger partial charge < -0.3 is 47.4 Å². The fourth-order valence-corrected chi connectivity index (χ4v) is 5.61. The average Bonchev–Trinajstić information content (AvgIpc) is 3.27. The minimum absolute atomic E-state index is 0.0993. The Labute approximate surface area is 378 Å². The largest absolute Gasteiger partial charge is 0.513 e. The standard InChI is InChI=1S/C50H56O15/c1-8-13-38-30-41(64-49(54)39-16-20-44(56-24-11-26-59-47(52)34(4)5)45(31-39)57-25-12-27-60-48(53)35(6)7)19-21-43(38)63-32-62-40-17-14-37-29-42(18-15-36(37)28-40)65-50(55)61-23-10-9-22-58-46(51)33(2)3/h14-21,28-31H,2,4,6,8-13,22-27,32H2,1,3,5,7H3. The molecule has 0 unspecified atom stereocenters. The maximum absolute atomic E-state index is 13.4. The molecule has 0 saturated carbocycles. The quantitative estimate of drug-likeness (QED) is 0.0105. The van der Waals surface area contributed by atoms with Crippen molar-refractivity contribution in [2.75, 3.05) is 46.4 Å². The van der Waals surface area contributed by atoms with Crippen LogP contribution in [0.2, 0.25) is 0 Å². The number of hydrogen-bond acceptors (Lipinski definition) is 15. The van der Waals surface area contributed by atoms with Crippen molar-refractivity contribution in [1.29, 1.82) is 0 Å². The Morgan fingerprint density at radius 3 is 1.58 bits per heavy atom. The number of fused-ring (bicyclic) bond motifs is 1. The predicted octanol–water partition coefficient (Wildman–Crippen LogP) is 9.62. The normalized spacial score (nSPS) is 10.5. The lowest BCUT2D eigenvalue weighted by molar-refractivity contribution is -0.140. The molecule has 0 fully saturated rings. The van der Waals surface area contributed by atoms with Crippen molar-refractivity contribution >= 4 is 40.8 Å². The first-order chi connectivity index (χ1) is 31.2. The Morgan fingerprint density at radius 1 is 0.477 bits per heavy atom. The zero-order valence-corrected chi connectivity index (χ0v) is 37.4. The molecule has 346 valence electrons. The van der Waals surface area contributed by atoms with E-state index < -0.39 is 30.0 Å². The van der Waals surface area contributed by atoms with E-state index in [4.69, 9.17) is 47.4 Å². The van der Waals surface area contributed by atoms with Crippen LogP contribution in [0, 0.1) is 0 Å². The van der Waals surface area contributed by atoms with Gasteiger partial charge in [0.25, 0.3) is 0 Å². The van der Waals surface area contributed by atoms with Crippen LogP contribution in [-0.2, 0) is 39.8 Å². The molecule has 65 heavy (non-hydrogen) atoms. The van der Waals surface area contributed by atoms with Crippen LogP contribution in [0.3, 0.4) is 0 Å². The third-order valence-electron chi connectivity index (χ3n) is 8.96. The van der Waals surface area contributed by atoms with Crippen LogP contribution < -0.4 is 28.4 Å². The maximum atomic E-state index is 13.4. The highest BCUT2D eigenvalue weighted by molar-refractivity contribution is 5.92. The Balaban J connectivity index is 1.31. The lowest BCUT2D eigenvalue weighted by Crippen LogP contribution is -2.12. The van der Waals surface area contributed by atoms with Crippen molar-refractivity contribution < 1.29 is 71.3 Å². The molecule has 0 aliphatic rings. The number of aryl methyl sites for hydroxylation is 1. The summed E-state index contributed by atoms with van der Waals surface area (Å²) in [4.78, 5) is 60.5. The molecule has 4 rings (SSSR count). The van der Waals surface area contributed by atoms with Gasteiger partial charge in [-0.2, -0.15) is 0 Å². The molecule has 0 aromatic heterocycles. The highest BCUT2D eigenvalue weighted by atomic mass is 16.7. The van der Waals surface area contributed by atoms with Crippen LogP contribution in [0.5, 0.6) is 34.5 Å².